The van der Waals surface area contributed by atoms with Gasteiger partial charge in [-0.2, -0.15) is 0 Å². The molecule has 1 saturated carbocycles. The molecule has 2 aliphatic rings. The number of benzene rings is 1. The van der Waals surface area contributed by atoms with E-state index in [2.05, 4.69) is 11.8 Å². The van der Waals surface area contributed by atoms with Crippen molar-refractivity contribution in [1.82, 2.24) is 4.90 Å². The molecule has 0 bridgehead atoms. The molecule has 4 heteroatoms. The first-order valence-electron chi connectivity index (χ1n) is 8.09. The molecule has 0 amide bonds. The standard InChI is InChI=1S/C17H24FNO2/c1-2-9-19(12-5-3-4-6-12)13-10-14-16(20)8-7-15(18)17(14)21-11-13/h7-8,12-13,20H,2-6,9-11H2,1H3. The zero-order valence-electron chi connectivity index (χ0n) is 12.6. The van der Waals surface area contributed by atoms with Gasteiger partial charge in [0.2, 0.25) is 0 Å². The van der Waals surface area contributed by atoms with Crippen LogP contribution in [0, 0.1) is 5.82 Å². The van der Waals surface area contributed by atoms with Gasteiger partial charge in [-0.15, -0.1) is 0 Å². The van der Waals surface area contributed by atoms with E-state index in [1.165, 1.54) is 37.8 Å². The van der Waals surface area contributed by atoms with Crippen LogP contribution in [0.4, 0.5) is 4.39 Å². The van der Waals surface area contributed by atoms with Crippen molar-refractivity contribution in [2.24, 2.45) is 0 Å². The summed E-state index contributed by atoms with van der Waals surface area (Å²) < 4.78 is 19.4. The highest BCUT2D eigenvalue weighted by molar-refractivity contribution is 5.46. The third kappa shape index (κ3) is 2.86. The van der Waals surface area contributed by atoms with Crippen molar-refractivity contribution < 1.29 is 14.2 Å². The Morgan fingerprint density at radius 1 is 1.29 bits per heavy atom. The SMILES string of the molecule is CCCN(C1CCCC1)C1COc2c(F)ccc(O)c2C1. The van der Waals surface area contributed by atoms with Crippen LogP contribution >= 0.6 is 0 Å². The van der Waals surface area contributed by atoms with E-state index in [9.17, 15) is 9.50 Å². The Bertz CT molecular complexity index is 500. The van der Waals surface area contributed by atoms with Gasteiger partial charge in [-0.05, 0) is 44.4 Å². The molecule has 1 atom stereocenters. The molecule has 1 aliphatic heterocycles. The van der Waals surface area contributed by atoms with Crippen LogP contribution in [0.25, 0.3) is 0 Å². The molecule has 1 heterocycles. The summed E-state index contributed by atoms with van der Waals surface area (Å²) in [6, 6.07) is 3.57. The molecule has 1 N–H and O–H groups in total. The second-order valence-electron chi connectivity index (χ2n) is 6.22. The zero-order chi connectivity index (χ0) is 14.8. The van der Waals surface area contributed by atoms with Crippen LogP contribution in [-0.4, -0.2) is 35.2 Å². The Morgan fingerprint density at radius 2 is 2.05 bits per heavy atom. The summed E-state index contributed by atoms with van der Waals surface area (Å²) in [5, 5.41) is 10.0. The van der Waals surface area contributed by atoms with Gasteiger partial charge in [0, 0.05) is 17.6 Å². The average Bonchev–Trinajstić information content (AvgIpc) is 3.02. The van der Waals surface area contributed by atoms with Crippen molar-refractivity contribution in [3.05, 3.63) is 23.5 Å². The molecule has 0 aromatic heterocycles. The summed E-state index contributed by atoms with van der Waals surface area (Å²) in [7, 11) is 0. The van der Waals surface area contributed by atoms with Gasteiger partial charge in [0.1, 0.15) is 12.4 Å². The number of ether oxygens (including phenoxy) is 1. The van der Waals surface area contributed by atoms with Crippen molar-refractivity contribution in [2.45, 2.75) is 57.5 Å². The zero-order valence-corrected chi connectivity index (χ0v) is 12.6. The monoisotopic (exact) mass is 293 g/mol. The van der Waals surface area contributed by atoms with Gasteiger partial charge in [-0.25, -0.2) is 4.39 Å². The van der Waals surface area contributed by atoms with E-state index in [-0.39, 0.29) is 23.4 Å². The lowest BCUT2D eigenvalue weighted by atomic mass is 9.98. The Hall–Kier alpha value is -1.29. The smallest absolute Gasteiger partial charge is 0.165 e. The van der Waals surface area contributed by atoms with Crippen LogP contribution in [0.15, 0.2) is 12.1 Å². The van der Waals surface area contributed by atoms with Gasteiger partial charge in [0.15, 0.2) is 11.6 Å². The minimum atomic E-state index is -0.371. The lowest BCUT2D eigenvalue weighted by molar-refractivity contribution is 0.0784. The van der Waals surface area contributed by atoms with Gasteiger partial charge in [-0.1, -0.05) is 19.8 Å². The summed E-state index contributed by atoms with van der Waals surface area (Å²) in [5.41, 5.74) is 0.630. The molecule has 0 saturated heterocycles. The van der Waals surface area contributed by atoms with Gasteiger partial charge >= 0.3 is 0 Å². The molecule has 1 aromatic carbocycles. The van der Waals surface area contributed by atoms with E-state index in [0.29, 0.717) is 24.6 Å². The molecule has 1 unspecified atom stereocenters. The van der Waals surface area contributed by atoms with Crippen molar-refractivity contribution >= 4 is 0 Å². The first kappa shape index (κ1) is 14.6. The molecular formula is C17H24FNO2. The van der Waals surface area contributed by atoms with E-state index in [4.69, 9.17) is 4.74 Å². The number of rotatable bonds is 4. The number of fused-ring (bicyclic) bond motifs is 1. The largest absolute Gasteiger partial charge is 0.508 e. The number of hydrogen-bond donors (Lipinski definition) is 1. The highest BCUT2D eigenvalue weighted by Gasteiger charge is 2.33. The van der Waals surface area contributed by atoms with Crippen LogP contribution in [0.1, 0.15) is 44.6 Å². The van der Waals surface area contributed by atoms with Gasteiger partial charge in [0.25, 0.3) is 0 Å². The Morgan fingerprint density at radius 3 is 2.76 bits per heavy atom. The quantitative estimate of drug-likeness (QED) is 0.922. The summed E-state index contributed by atoms with van der Waals surface area (Å²) in [6.45, 7) is 3.75. The highest BCUT2D eigenvalue weighted by Crippen LogP contribution is 2.37. The maximum absolute atomic E-state index is 13.8. The predicted octanol–water partition coefficient (Wildman–Crippen LogP) is 3.49. The minimum absolute atomic E-state index is 0.152. The van der Waals surface area contributed by atoms with E-state index in [0.717, 1.165) is 13.0 Å². The number of phenols is 1. The molecule has 21 heavy (non-hydrogen) atoms. The number of aromatic hydroxyl groups is 1. The fraction of sp³-hybridized carbons (Fsp3) is 0.647. The number of hydrogen-bond acceptors (Lipinski definition) is 3. The van der Waals surface area contributed by atoms with Crippen LogP contribution in [0.5, 0.6) is 11.5 Å². The lowest BCUT2D eigenvalue weighted by Crippen LogP contribution is -2.48. The maximum Gasteiger partial charge on any atom is 0.165 e. The second-order valence-corrected chi connectivity index (χ2v) is 6.22. The van der Waals surface area contributed by atoms with Gasteiger partial charge < -0.3 is 9.84 Å². The average molecular weight is 293 g/mol. The number of halogens is 1. The van der Waals surface area contributed by atoms with Crippen LogP contribution in [-0.2, 0) is 6.42 Å². The molecule has 3 nitrogen and oxygen atoms in total. The summed E-state index contributed by atoms with van der Waals surface area (Å²) >= 11 is 0. The Kier molecular flexibility index (Phi) is 4.34. The van der Waals surface area contributed by atoms with Crippen molar-refractivity contribution in [2.75, 3.05) is 13.2 Å². The first-order valence-corrected chi connectivity index (χ1v) is 8.09. The van der Waals surface area contributed by atoms with Crippen LogP contribution in [0.3, 0.4) is 0 Å². The predicted molar refractivity (Wildman–Crippen MR) is 80.3 cm³/mol. The summed E-state index contributed by atoms with van der Waals surface area (Å²) in [6.07, 6.45) is 6.88. The van der Waals surface area contributed by atoms with Crippen molar-refractivity contribution in [3.63, 3.8) is 0 Å². The summed E-state index contributed by atoms with van der Waals surface area (Å²) in [5.74, 6) is 0.0252. The molecule has 1 fully saturated rings. The van der Waals surface area contributed by atoms with E-state index >= 15 is 0 Å². The molecular weight excluding hydrogens is 269 g/mol. The first-order chi connectivity index (χ1) is 10.2. The Labute approximate surface area is 125 Å². The van der Waals surface area contributed by atoms with Gasteiger partial charge in [0.05, 0.1) is 0 Å². The normalized spacial score (nSPS) is 22.3. The molecule has 0 spiro atoms. The fourth-order valence-electron chi connectivity index (χ4n) is 3.79. The second kappa shape index (κ2) is 6.22. The van der Waals surface area contributed by atoms with E-state index in [1.54, 1.807) is 0 Å². The molecule has 1 aromatic rings. The van der Waals surface area contributed by atoms with Crippen LogP contribution in [0.2, 0.25) is 0 Å². The molecule has 0 radical (unpaired) electrons. The lowest BCUT2D eigenvalue weighted by Gasteiger charge is -2.39. The van der Waals surface area contributed by atoms with Crippen LogP contribution < -0.4 is 4.74 Å². The Balaban J connectivity index is 1.81. The van der Waals surface area contributed by atoms with Gasteiger partial charge in [-0.3, -0.25) is 4.90 Å². The van der Waals surface area contributed by atoms with Crippen molar-refractivity contribution in [3.8, 4) is 11.5 Å². The maximum atomic E-state index is 13.8. The third-order valence-electron chi connectivity index (χ3n) is 4.79. The number of nitrogens with zero attached hydrogens (tertiary/aromatic N) is 1. The molecule has 3 rings (SSSR count). The fourth-order valence-corrected chi connectivity index (χ4v) is 3.79. The molecule has 1 aliphatic carbocycles. The van der Waals surface area contributed by atoms with E-state index in [1.807, 2.05) is 0 Å². The van der Waals surface area contributed by atoms with E-state index < -0.39 is 0 Å². The third-order valence-corrected chi connectivity index (χ3v) is 4.79. The topological polar surface area (TPSA) is 32.7 Å². The van der Waals surface area contributed by atoms with Crippen molar-refractivity contribution in [1.29, 1.82) is 0 Å². The highest BCUT2D eigenvalue weighted by atomic mass is 19.1. The molecule has 116 valence electrons. The number of phenolic OH excluding ortho intramolecular Hbond substituents is 1. The minimum Gasteiger partial charge on any atom is -0.508 e. The summed E-state index contributed by atoms with van der Waals surface area (Å²) in [4.78, 5) is 2.53.